The second-order valence-electron chi connectivity index (χ2n) is 4.63. The first-order valence-corrected chi connectivity index (χ1v) is 7.23. The van der Waals surface area contributed by atoms with Crippen LogP contribution in [0.1, 0.15) is 12.0 Å². The Hall–Kier alpha value is -3.41. The van der Waals surface area contributed by atoms with E-state index in [0.29, 0.717) is 17.0 Å². The second-order valence-corrected chi connectivity index (χ2v) is 4.63. The number of allylic oxidation sites excluding steroid dienone is 4. The Bertz CT molecular complexity index is 742. The molecule has 0 aliphatic heterocycles. The summed E-state index contributed by atoms with van der Waals surface area (Å²) in [5, 5.41) is 24.3. The molecule has 0 bridgehead atoms. The van der Waals surface area contributed by atoms with Crippen molar-refractivity contribution in [3.63, 3.8) is 0 Å². The summed E-state index contributed by atoms with van der Waals surface area (Å²) in [6.07, 6.45) is 6.68. The van der Waals surface area contributed by atoms with E-state index in [2.05, 4.69) is 24.3 Å². The van der Waals surface area contributed by atoms with Crippen LogP contribution in [0.25, 0.3) is 6.08 Å². The van der Waals surface area contributed by atoms with Crippen molar-refractivity contribution in [2.75, 3.05) is 6.67 Å². The van der Waals surface area contributed by atoms with Gasteiger partial charge in [0.15, 0.2) is 0 Å². The van der Waals surface area contributed by atoms with Crippen LogP contribution < -0.4 is 5.73 Å². The predicted octanol–water partition coefficient (Wildman–Crippen LogP) is 3.34. The Labute approximate surface area is 142 Å². The van der Waals surface area contributed by atoms with E-state index >= 15 is 0 Å². The summed E-state index contributed by atoms with van der Waals surface area (Å²) in [7, 11) is 0. The zero-order valence-electron chi connectivity index (χ0n) is 13.4. The molecule has 0 aliphatic carbocycles. The summed E-state index contributed by atoms with van der Waals surface area (Å²) in [6.45, 7) is 7.52. The molecule has 0 saturated carbocycles. The maximum Gasteiger partial charge on any atom is 0.101 e. The average Bonchev–Trinajstić information content (AvgIpc) is 2.62. The third-order valence-corrected chi connectivity index (χ3v) is 2.96. The molecular weight excluding hydrogens is 298 g/mol. The molecule has 0 fully saturated rings. The van der Waals surface area contributed by atoms with Crippen LogP contribution in [0.2, 0.25) is 0 Å². The highest BCUT2D eigenvalue weighted by Gasteiger charge is 2.10. The maximum atomic E-state index is 9.44. The number of rotatable bonds is 8. The number of nitrogens with two attached hydrogens (primary N) is 1. The average molecular weight is 317 g/mol. The van der Waals surface area contributed by atoms with E-state index < -0.39 is 0 Å². The third-order valence-electron chi connectivity index (χ3n) is 2.96. The van der Waals surface area contributed by atoms with E-state index in [1.165, 1.54) is 5.01 Å². The maximum absolute atomic E-state index is 9.44. The first-order chi connectivity index (χ1) is 11.7. The normalized spacial score (nSPS) is 11.6. The standard InChI is InChI=1S/C19H19N5/c1-3-4-8-16(2)24(15-22)23-19(11-12-20)18(14-21)13-17-9-6-5-7-10-17/h3-10,13H,1-2,11,15,22H2/b8-4-,18-13+,23-19+. The quantitative estimate of drug-likeness (QED) is 0.262. The highest BCUT2D eigenvalue weighted by atomic mass is 15.5. The lowest BCUT2D eigenvalue weighted by Crippen LogP contribution is -2.25. The van der Waals surface area contributed by atoms with Gasteiger partial charge in [-0.1, -0.05) is 55.6 Å². The number of nitriles is 2. The third kappa shape index (κ3) is 5.76. The van der Waals surface area contributed by atoms with Gasteiger partial charge in [0.2, 0.25) is 0 Å². The molecule has 0 radical (unpaired) electrons. The van der Waals surface area contributed by atoms with Crippen molar-refractivity contribution in [3.05, 3.63) is 78.6 Å². The highest BCUT2D eigenvalue weighted by molar-refractivity contribution is 6.08. The van der Waals surface area contributed by atoms with Gasteiger partial charge in [-0.3, -0.25) is 5.01 Å². The molecular formula is C19H19N5. The fourth-order valence-electron chi connectivity index (χ4n) is 1.79. The van der Waals surface area contributed by atoms with E-state index in [-0.39, 0.29) is 13.1 Å². The molecule has 5 heteroatoms. The second kappa shape index (κ2) is 10.3. The summed E-state index contributed by atoms with van der Waals surface area (Å²) >= 11 is 0. The van der Waals surface area contributed by atoms with E-state index in [0.717, 1.165) is 5.56 Å². The summed E-state index contributed by atoms with van der Waals surface area (Å²) in [5.74, 6) is 0. The highest BCUT2D eigenvalue weighted by Crippen LogP contribution is 2.12. The van der Waals surface area contributed by atoms with Crippen molar-refractivity contribution in [1.82, 2.24) is 5.01 Å². The monoisotopic (exact) mass is 317 g/mol. The number of hydrogen-bond acceptors (Lipinski definition) is 5. The van der Waals surface area contributed by atoms with Gasteiger partial charge >= 0.3 is 0 Å². The lowest BCUT2D eigenvalue weighted by Gasteiger charge is -2.18. The fraction of sp³-hybridized carbons (Fsp3) is 0.105. The van der Waals surface area contributed by atoms with Gasteiger partial charge in [-0.15, -0.1) is 0 Å². The van der Waals surface area contributed by atoms with Gasteiger partial charge in [0.05, 0.1) is 36.1 Å². The fourth-order valence-corrected chi connectivity index (χ4v) is 1.79. The zero-order chi connectivity index (χ0) is 17.8. The van der Waals surface area contributed by atoms with Crippen molar-refractivity contribution in [2.24, 2.45) is 10.8 Å². The summed E-state index contributed by atoms with van der Waals surface area (Å²) < 4.78 is 0. The molecule has 0 amide bonds. The van der Waals surface area contributed by atoms with Crippen molar-refractivity contribution in [3.8, 4) is 12.1 Å². The molecule has 1 aromatic carbocycles. The van der Waals surface area contributed by atoms with Crippen LogP contribution in [0.5, 0.6) is 0 Å². The molecule has 0 heterocycles. The minimum Gasteiger partial charge on any atom is -0.312 e. The predicted molar refractivity (Wildman–Crippen MR) is 97.1 cm³/mol. The molecule has 120 valence electrons. The molecule has 1 aromatic rings. The van der Waals surface area contributed by atoms with Gasteiger partial charge in [0.25, 0.3) is 0 Å². The topological polar surface area (TPSA) is 89.2 Å². The number of hydrazone groups is 1. The summed E-state index contributed by atoms with van der Waals surface area (Å²) in [4.78, 5) is 0. The van der Waals surface area contributed by atoms with Crippen molar-refractivity contribution in [2.45, 2.75) is 6.42 Å². The first kappa shape index (κ1) is 18.6. The van der Waals surface area contributed by atoms with Crippen LogP contribution >= 0.6 is 0 Å². The molecule has 1 rings (SSSR count). The SMILES string of the molecule is C=C/C=C\C(=C)N(CN)/N=C(CC#N)/C(C#N)=C/c1ccccc1. The molecule has 0 saturated heterocycles. The Balaban J connectivity index is 3.23. The Kier molecular flexibility index (Phi) is 8.03. The summed E-state index contributed by atoms with van der Waals surface area (Å²) in [5.41, 5.74) is 7.72. The Morgan fingerprint density at radius 3 is 2.54 bits per heavy atom. The van der Waals surface area contributed by atoms with E-state index in [1.807, 2.05) is 36.4 Å². The zero-order valence-corrected chi connectivity index (χ0v) is 13.4. The number of benzene rings is 1. The molecule has 5 nitrogen and oxygen atoms in total. The van der Waals surface area contributed by atoms with Crippen LogP contribution in [0.15, 0.2) is 78.1 Å². The smallest absolute Gasteiger partial charge is 0.101 e. The molecule has 0 spiro atoms. The van der Waals surface area contributed by atoms with Crippen LogP contribution in [0, 0.1) is 22.7 Å². The van der Waals surface area contributed by atoms with Crippen LogP contribution in [0.4, 0.5) is 0 Å². The van der Waals surface area contributed by atoms with Gasteiger partial charge in [0.1, 0.15) is 6.07 Å². The van der Waals surface area contributed by atoms with Gasteiger partial charge in [-0.05, 0) is 17.7 Å². The Morgan fingerprint density at radius 2 is 2.00 bits per heavy atom. The van der Waals surface area contributed by atoms with Gasteiger partial charge in [-0.25, -0.2) is 0 Å². The van der Waals surface area contributed by atoms with Crippen LogP contribution in [-0.4, -0.2) is 17.4 Å². The van der Waals surface area contributed by atoms with Gasteiger partial charge < -0.3 is 5.73 Å². The molecule has 0 atom stereocenters. The number of hydrogen-bond donors (Lipinski definition) is 1. The molecule has 0 aliphatic rings. The minimum absolute atomic E-state index is 0.0127. The van der Waals surface area contributed by atoms with Crippen molar-refractivity contribution >= 4 is 11.8 Å². The van der Waals surface area contributed by atoms with Gasteiger partial charge in [-0.2, -0.15) is 15.6 Å². The largest absolute Gasteiger partial charge is 0.312 e. The van der Waals surface area contributed by atoms with Crippen molar-refractivity contribution < 1.29 is 0 Å². The molecule has 0 aromatic heterocycles. The van der Waals surface area contributed by atoms with E-state index in [4.69, 9.17) is 11.0 Å². The van der Waals surface area contributed by atoms with Crippen molar-refractivity contribution in [1.29, 1.82) is 10.5 Å². The summed E-state index contributed by atoms with van der Waals surface area (Å²) in [6, 6.07) is 13.5. The van der Waals surface area contributed by atoms with Crippen LogP contribution in [0.3, 0.4) is 0 Å². The minimum atomic E-state index is -0.0127. The molecule has 24 heavy (non-hydrogen) atoms. The lowest BCUT2D eigenvalue weighted by atomic mass is 10.1. The van der Waals surface area contributed by atoms with Crippen LogP contribution in [-0.2, 0) is 0 Å². The molecule has 2 N–H and O–H groups in total. The molecule has 0 unspecified atom stereocenters. The van der Waals surface area contributed by atoms with E-state index in [1.54, 1.807) is 24.3 Å². The van der Waals surface area contributed by atoms with Gasteiger partial charge in [0, 0.05) is 0 Å². The Morgan fingerprint density at radius 1 is 1.29 bits per heavy atom. The van der Waals surface area contributed by atoms with E-state index in [9.17, 15) is 5.26 Å². The number of nitrogens with zero attached hydrogens (tertiary/aromatic N) is 4. The first-order valence-electron chi connectivity index (χ1n) is 7.23. The lowest BCUT2D eigenvalue weighted by molar-refractivity contribution is 0.388.